The van der Waals surface area contributed by atoms with Gasteiger partial charge in [0.05, 0.1) is 5.52 Å². The summed E-state index contributed by atoms with van der Waals surface area (Å²) in [4.78, 5) is 4.24. The average Bonchev–Trinajstić information content (AvgIpc) is 2.77. The standard InChI is InChI=1S/C15H10Cl2F2N2/c16-5-4-14-20-15-12(19)7-10(18)8-13(15)21(14)11-3-1-2-9(17)6-11/h1-3,6-8H,4-5H2. The van der Waals surface area contributed by atoms with E-state index in [4.69, 9.17) is 23.2 Å². The zero-order chi connectivity index (χ0) is 15.0. The molecule has 0 amide bonds. The lowest BCUT2D eigenvalue weighted by atomic mass is 10.2. The molecule has 0 aliphatic rings. The van der Waals surface area contributed by atoms with Crippen molar-refractivity contribution in [2.24, 2.45) is 0 Å². The lowest BCUT2D eigenvalue weighted by molar-refractivity contribution is 0.590. The second-order valence-electron chi connectivity index (χ2n) is 4.54. The molecule has 108 valence electrons. The predicted octanol–water partition coefficient (Wildman–Crippen LogP) is 4.74. The van der Waals surface area contributed by atoms with Crippen LogP contribution in [-0.4, -0.2) is 15.4 Å². The Morgan fingerprint density at radius 1 is 1.14 bits per heavy atom. The number of hydrogen-bond acceptors (Lipinski definition) is 1. The number of alkyl halides is 1. The summed E-state index contributed by atoms with van der Waals surface area (Å²) >= 11 is 11.8. The quantitative estimate of drug-likeness (QED) is 0.636. The monoisotopic (exact) mass is 326 g/mol. The van der Waals surface area contributed by atoms with Crippen molar-refractivity contribution in [3.63, 3.8) is 0 Å². The van der Waals surface area contributed by atoms with Crippen LogP contribution in [0.2, 0.25) is 5.02 Å². The van der Waals surface area contributed by atoms with Crippen LogP contribution in [0.4, 0.5) is 8.78 Å². The van der Waals surface area contributed by atoms with Crippen LogP contribution < -0.4 is 0 Å². The molecule has 0 N–H and O–H groups in total. The van der Waals surface area contributed by atoms with Crippen LogP contribution in [0.25, 0.3) is 16.7 Å². The summed E-state index contributed by atoms with van der Waals surface area (Å²) in [6.45, 7) is 0. The summed E-state index contributed by atoms with van der Waals surface area (Å²) < 4.78 is 29.1. The molecule has 0 unspecified atom stereocenters. The second-order valence-corrected chi connectivity index (χ2v) is 5.35. The highest BCUT2D eigenvalue weighted by atomic mass is 35.5. The van der Waals surface area contributed by atoms with Crippen LogP contribution in [0, 0.1) is 11.6 Å². The van der Waals surface area contributed by atoms with Gasteiger partial charge in [-0.3, -0.25) is 4.57 Å². The minimum Gasteiger partial charge on any atom is -0.296 e. The Bertz CT molecular complexity index is 815. The molecule has 0 atom stereocenters. The molecule has 0 bridgehead atoms. The van der Waals surface area contributed by atoms with Crippen molar-refractivity contribution in [1.82, 2.24) is 9.55 Å². The lowest BCUT2D eigenvalue weighted by Gasteiger charge is -2.09. The van der Waals surface area contributed by atoms with Gasteiger partial charge in [0.25, 0.3) is 0 Å². The lowest BCUT2D eigenvalue weighted by Crippen LogP contribution is -2.02. The molecule has 3 rings (SSSR count). The maximum absolute atomic E-state index is 13.9. The maximum atomic E-state index is 13.9. The molecular formula is C15H10Cl2F2N2. The normalized spacial score (nSPS) is 11.2. The van der Waals surface area contributed by atoms with Gasteiger partial charge in [0, 0.05) is 35.1 Å². The first-order valence-corrected chi connectivity index (χ1v) is 7.19. The van der Waals surface area contributed by atoms with Gasteiger partial charge in [-0.25, -0.2) is 13.8 Å². The molecule has 0 saturated heterocycles. The van der Waals surface area contributed by atoms with Gasteiger partial charge in [0.1, 0.15) is 17.2 Å². The molecule has 0 spiro atoms. The molecule has 2 aromatic carbocycles. The first-order valence-electron chi connectivity index (χ1n) is 6.28. The van der Waals surface area contributed by atoms with Crippen LogP contribution in [0.5, 0.6) is 0 Å². The van der Waals surface area contributed by atoms with E-state index in [9.17, 15) is 8.78 Å². The Morgan fingerprint density at radius 3 is 2.67 bits per heavy atom. The fourth-order valence-corrected chi connectivity index (χ4v) is 2.66. The Balaban J connectivity index is 2.35. The minimum atomic E-state index is -0.693. The van der Waals surface area contributed by atoms with Gasteiger partial charge in [0.2, 0.25) is 0 Å². The number of fused-ring (bicyclic) bond motifs is 1. The molecular weight excluding hydrogens is 317 g/mol. The van der Waals surface area contributed by atoms with E-state index < -0.39 is 11.6 Å². The van der Waals surface area contributed by atoms with E-state index >= 15 is 0 Å². The van der Waals surface area contributed by atoms with Crippen molar-refractivity contribution in [2.45, 2.75) is 6.42 Å². The largest absolute Gasteiger partial charge is 0.296 e. The first kappa shape index (κ1) is 14.3. The smallest absolute Gasteiger partial charge is 0.153 e. The van der Waals surface area contributed by atoms with E-state index in [0.29, 0.717) is 34.4 Å². The third-order valence-corrected chi connectivity index (χ3v) is 3.56. The van der Waals surface area contributed by atoms with Crippen molar-refractivity contribution >= 4 is 34.2 Å². The van der Waals surface area contributed by atoms with Crippen molar-refractivity contribution in [2.75, 3.05) is 5.88 Å². The van der Waals surface area contributed by atoms with E-state index in [1.54, 1.807) is 28.8 Å². The van der Waals surface area contributed by atoms with Crippen molar-refractivity contribution in [3.8, 4) is 5.69 Å². The highest BCUT2D eigenvalue weighted by Crippen LogP contribution is 2.26. The Hall–Kier alpha value is -1.65. The van der Waals surface area contributed by atoms with Crippen LogP contribution >= 0.6 is 23.2 Å². The molecule has 0 aliphatic heterocycles. The zero-order valence-corrected chi connectivity index (χ0v) is 12.3. The molecule has 1 heterocycles. The third kappa shape index (κ3) is 2.61. The average molecular weight is 327 g/mol. The van der Waals surface area contributed by atoms with E-state index in [2.05, 4.69) is 4.98 Å². The fraction of sp³-hybridized carbons (Fsp3) is 0.133. The SMILES string of the molecule is Fc1cc(F)c2nc(CCCl)n(-c3cccc(Cl)c3)c2c1. The number of imidazole rings is 1. The molecule has 3 aromatic rings. The van der Waals surface area contributed by atoms with Crippen LogP contribution in [-0.2, 0) is 6.42 Å². The number of nitrogens with zero attached hydrogens (tertiary/aromatic N) is 2. The summed E-state index contributed by atoms with van der Waals surface area (Å²) in [6, 6.07) is 9.08. The Morgan fingerprint density at radius 2 is 1.95 bits per heavy atom. The first-order chi connectivity index (χ1) is 10.1. The maximum Gasteiger partial charge on any atom is 0.153 e. The molecule has 1 aromatic heterocycles. The van der Waals surface area contributed by atoms with E-state index in [1.807, 2.05) is 0 Å². The van der Waals surface area contributed by atoms with E-state index in [1.165, 1.54) is 6.07 Å². The highest BCUT2D eigenvalue weighted by Gasteiger charge is 2.16. The molecule has 2 nitrogen and oxygen atoms in total. The number of halogens is 4. The number of benzene rings is 2. The van der Waals surface area contributed by atoms with Gasteiger partial charge in [-0.15, -0.1) is 11.6 Å². The minimum absolute atomic E-state index is 0.122. The van der Waals surface area contributed by atoms with Gasteiger partial charge in [0.15, 0.2) is 5.82 Å². The van der Waals surface area contributed by atoms with Gasteiger partial charge in [-0.05, 0) is 18.2 Å². The molecule has 6 heteroatoms. The summed E-state index contributed by atoms with van der Waals surface area (Å²) in [6.07, 6.45) is 0.434. The Kier molecular flexibility index (Phi) is 3.83. The molecule has 0 radical (unpaired) electrons. The summed E-state index contributed by atoms with van der Waals surface area (Å²) in [5, 5.41) is 0.531. The fourth-order valence-electron chi connectivity index (χ4n) is 2.31. The molecule has 0 aliphatic carbocycles. The van der Waals surface area contributed by atoms with E-state index in [-0.39, 0.29) is 5.52 Å². The number of aromatic nitrogens is 2. The van der Waals surface area contributed by atoms with Crippen LogP contribution in [0.3, 0.4) is 0 Å². The van der Waals surface area contributed by atoms with Gasteiger partial charge in [-0.2, -0.15) is 0 Å². The molecule has 0 fully saturated rings. The van der Waals surface area contributed by atoms with Gasteiger partial charge < -0.3 is 0 Å². The summed E-state index contributed by atoms with van der Waals surface area (Å²) in [5.41, 5.74) is 1.17. The van der Waals surface area contributed by atoms with Crippen LogP contribution in [0.15, 0.2) is 36.4 Å². The number of hydrogen-bond donors (Lipinski definition) is 0. The molecule has 21 heavy (non-hydrogen) atoms. The number of aryl methyl sites for hydroxylation is 1. The van der Waals surface area contributed by atoms with Crippen LogP contribution in [0.1, 0.15) is 5.82 Å². The third-order valence-electron chi connectivity index (χ3n) is 3.13. The van der Waals surface area contributed by atoms with Crippen molar-refractivity contribution < 1.29 is 8.78 Å². The van der Waals surface area contributed by atoms with Crippen molar-refractivity contribution in [1.29, 1.82) is 0 Å². The predicted molar refractivity (Wildman–Crippen MR) is 80.4 cm³/mol. The molecule has 0 saturated carbocycles. The Labute approximate surface area is 129 Å². The zero-order valence-electron chi connectivity index (χ0n) is 10.8. The second kappa shape index (κ2) is 5.62. The number of rotatable bonds is 3. The van der Waals surface area contributed by atoms with Crippen molar-refractivity contribution in [3.05, 3.63) is 58.9 Å². The summed E-state index contributed by atoms with van der Waals surface area (Å²) in [5.74, 6) is -0.456. The van der Waals surface area contributed by atoms with Gasteiger partial charge in [-0.1, -0.05) is 17.7 Å². The summed E-state index contributed by atoms with van der Waals surface area (Å²) in [7, 11) is 0. The highest BCUT2D eigenvalue weighted by molar-refractivity contribution is 6.30. The van der Waals surface area contributed by atoms with E-state index in [0.717, 1.165) is 6.07 Å². The van der Waals surface area contributed by atoms with Gasteiger partial charge >= 0.3 is 0 Å². The topological polar surface area (TPSA) is 17.8 Å².